The Morgan fingerprint density at radius 3 is 2.53 bits per heavy atom. The lowest BCUT2D eigenvalue weighted by molar-refractivity contribution is -0.137. The predicted molar refractivity (Wildman–Crippen MR) is 106 cm³/mol. The number of imidazole rings is 1. The number of rotatable bonds is 3. The number of carbonyl (C=O) groups is 1. The van der Waals surface area contributed by atoms with E-state index in [1.165, 1.54) is 18.3 Å². The summed E-state index contributed by atoms with van der Waals surface area (Å²) in [6.45, 7) is 3.95. The molecule has 10 heteroatoms. The molecular weight excluding hydrogens is 399 g/mol. The molecule has 4 rings (SSSR count). The normalized spacial score (nSPS) is 21.1. The van der Waals surface area contributed by atoms with E-state index in [9.17, 15) is 22.8 Å². The Morgan fingerprint density at radius 1 is 1.10 bits per heavy atom. The number of carbonyl (C=O) groups excluding carboxylic acids is 1. The minimum atomic E-state index is -4.35. The summed E-state index contributed by atoms with van der Waals surface area (Å²) in [5.41, 5.74) is -0.194. The number of piperidine rings is 1. The first kappa shape index (κ1) is 20.5. The number of anilines is 1. The standard InChI is InChI=1S/C20H24F3N5O2/c21-20(22,23)14-3-1-4-15(11-14)26-7-9-27(10-8-26)16-5-2-6-28(13-16)18(29)17-12-24-19(30)25-17/h1,3-4,11-12,16H,2,5-10,13H2,(H2,24,25,30). The minimum Gasteiger partial charge on any atom is -0.369 e. The third-order valence-corrected chi connectivity index (χ3v) is 5.88. The molecule has 3 heterocycles. The first-order valence-corrected chi connectivity index (χ1v) is 10.0. The molecule has 2 aliphatic heterocycles. The smallest absolute Gasteiger partial charge is 0.369 e. The molecule has 0 spiro atoms. The van der Waals surface area contributed by atoms with Gasteiger partial charge in [-0.3, -0.25) is 9.69 Å². The Bertz CT molecular complexity index is 946. The zero-order chi connectivity index (χ0) is 21.3. The van der Waals surface area contributed by atoms with Crippen molar-refractivity contribution in [2.75, 3.05) is 44.2 Å². The van der Waals surface area contributed by atoms with Crippen molar-refractivity contribution < 1.29 is 18.0 Å². The number of benzene rings is 1. The molecule has 2 N–H and O–H groups in total. The fraction of sp³-hybridized carbons (Fsp3) is 0.500. The van der Waals surface area contributed by atoms with Gasteiger partial charge < -0.3 is 19.8 Å². The van der Waals surface area contributed by atoms with E-state index < -0.39 is 17.4 Å². The quantitative estimate of drug-likeness (QED) is 0.794. The highest BCUT2D eigenvalue weighted by Crippen LogP contribution is 2.32. The van der Waals surface area contributed by atoms with Crippen LogP contribution in [-0.4, -0.2) is 71.0 Å². The predicted octanol–water partition coefficient (Wildman–Crippen LogP) is 2.15. The number of amides is 1. The van der Waals surface area contributed by atoms with Gasteiger partial charge in [-0.05, 0) is 31.0 Å². The third kappa shape index (κ3) is 4.38. The van der Waals surface area contributed by atoms with Gasteiger partial charge in [0, 0.05) is 57.2 Å². The SMILES string of the molecule is O=C(c1c[nH]c(=O)[nH]1)N1CCCC(N2CCN(c3cccc(C(F)(F)F)c3)CC2)C1. The van der Waals surface area contributed by atoms with Crippen molar-refractivity contribution in [3.8, 4) is 0 Å². The molecular formula is C20H24F3N5O2. The van der Waals surface area contributed by atoms with Gasteiger partial charge in [0.25, 0.3) is 5.91 Å². The summed E-state index contributed by atoms with van der Waals surface area (Å²) in [6.07, 6.45) is -1.11. The molecule has 30 heavy (non-hydrogen) atoms. The van der Waals surface area contributed by atoms with Crippen molar-refractivity contribution in [2.24, 2.45) is 0 Å². The Kier molecular flexibility index (Phi) is 5.59. The summed E-state index contributed by atoms with van der Waals surface area (Å²) in [5.74, 6) is -0.194. The van der Waals surface area contributed by atoms with Crippen LogP contribution in [0.15, 0.2) is 35.3 Å². The zero-order valence-corrected chi connectivity index (χ0v) is 16.4. The van der Waals surface area contributed by atoms with Crippen molar-refractivity contribution >= 4 is 11.6 Å². The van der Waals surface area contributed by atoms with E-state index in [2.05, 4.69) is 14.9 Å². The number of nitrogens with zero attached hydrogens (tertiary/aromatic N) is 3. The number of H-pyrrole nitrogens is 2. The minimum absolute atomic E-state index is 0.194. The van der Waals surface area contributed by atoms with Crippen LogP contribution in [0.2, 0.25) is 0 Å². The molecule has 2 fully saturated rings. The van der Waals surface area contributed by atoms with Gasteiger partial charge in [-0.1, -0.05) is 6.07 Å². The fourth-order valence-electron chi connectivity index (χ4n) is 4.28. The molecule has 2 saturated heterocycles. The van der Waals surface area contributed by atoms with Gasteiger partial charge in [-0.2, -0.15) is 13.2 Å². The maximum absolute atomic E-state index is 13.0. The Hall–Kier alpha value is -2.75. The van der Waals surface area contributed by atoms with E-state index >= 15 is 0 Å². The number of halogens is 3. The van der Waals surface area contributed by atoms with Crippen LogP contribution in [-0.2, 0) is 6.18 Å². The van der Waals surface area contributed by atoms with E-state index in [1.807, 2.05) is 4.90 Å². The first-order chi connectivity index (χ1) is 14.3. The average Bonchev–Trinajstić information content (AvgIpc) is 3.19. The summed E-state index contributed by atoms with van der Waals surface area (Å²) in [5, 5.41) is 0. The van der Waals surface area contributed by atoms with E-state index in [0.29, 0.717) is 31.9 Å². The van der Waals surface area contributed by atoms with Crippen LogP contribution in [0.1, 0.15) is 28.9 Å². The van der Waals surface area contributed by atoms with Gasteiger partial charge in [-0.15, -0.1) is 0 Å². The zero-order valence-electron chi connectivity index (χ0n) is 16.4. The molecule has 0 saturated carbocycles. The second-order valence-electron chi connectivity index (χ2n) is 7.77. The maximum Gasteiger partial charge on any atom is 0.416 e. The number of hydrogen-bond acceptors (Lipinski definition) is 4. The van der Waals surface area contributed by atoms with Crippen molar-refractivity contribution in [2.45, 2.75) is 25.1 Å². The van der Waals surface area contributed by atoms with Gasteiger partial charge in [0.2, 0.25) is 0 Å². The third-order valence-electron chi connectivity index (χ3n) is 5.88. The maximum atomic E-state index is 13.0. The summed E-state index contributed by atoms with van der Waals surface area (Å²) < 4.78 is 39.0. The topological polar surface area (TPSA) is 75.4 Å². The highest BCUT2D eigenvalue weighted by Gasteiger charge is 2.33. The molecule has 162 valence electrons. The number of alkyl halides is 3. The fourth-order valence-corrected chi connectivity index (χ4v) is 4.28. The molecule has 0 bridgehead atoms. The molecule has 2 aromatic rings. The lowest BCUT2D eigenvalue weighted by Gasteiger charge is -2.44. The number of aromatic nitrogens is 2. The van der Waals surface area contributed by atoms with Gasteiger partial charge in [-0.25, -0.2) is 4.79 Å². The van der Waals surface area contributed by atoms with E-state index in [4.69, 9.17) is 0 Å². The Balaban J connectivity index is 1.36. The van der Waals surface area contributed by atoms with Crippen LogP contribution in [0.5, 0.6) is 0 Å². The monoisotopic (exact) mass is 423 g/mol. The van der Waals surface area contributed by atoms with Crippen molar-refractivity contribution in [1.82, 2.24) is 19.8 Å². The number of aromatic amines is 2. The van der Waals surface area contributed by atoms with E-state index in [-0.39, 0.29) is 17.6 Å². The summed E-state index contributed by atoms with van der Waals surface area (Å²) in [4.78, 5) is 34.9. The average molecular weight is 423 g/mol. The molecule has 1 unspecified atom stereocenters. The van der Waals surface area contributed by atoms with Gasteiger partial charge in [0.15, 0.2) is 0 Å². The molecule has 1 aromatic heterocycles. The number of likely N-dealkylation sites (tertiary alicyclic amines) is 1. The van der Waals surface area contributed by atoms with Crippen LogP contribution in [0.25, 0.3) is 0 Å². The highest BCUT2D eigenvalue weighted by atomic mass is 19.4. The lowest BCUT2D eigenvalue weighted by atomic mass is 10.0. The molecule has 1 aromatic carbocycles. The Morgan fingerprint density at radius 2 is 1.87 bits per heavy atom. The Labute approximate surface area is 171 Å². The summed E-state index contributed by atoms with van der Waals surface area (Å²) >= 11 is 0. The van der Waals surface area contributed by atoms with Crippen LogP contribution in [0.3, 0.4) is 0 Å². The molecule has 0 radical (unpaired) electrons. The van der Waals surface area contributed by atoms with Crippen molar-refractivity contribution in [1.29, 1.82) is 0 Å². The van der Waals surface area contributed by atoms with Gasteiger partial charge in [0.1, 0.15) is 5.69 Å². The molecule has 2 aliphatic rings. The molecule has 0 aliphatic carbocycles. The second-order valence-corrected chi connectivity index (χ2v) is 7.77. The van der Waals surface area contributed by atoms with E-state index in [0.717, 1.165) is 32.0 Å². The van der Waals surface area contributed by atoms with Crippen LogP contribution in [0, 0.1) is 0 Å². The van der Waals surface area contributed by atoms with E-state index in [1.54, 1.807) is 11.0 Å². The highest BCUT2D eigenvalue weighted by molar-refractivity contribution is 5.92. The van der Waals surface area contributed by atoms with Crippen molar-refractivity contribution in [3.63, 3.8) is 0 Å². The lowest BCUT2D eigenvalue weighted by Crippen LogP contribution is -2.56. The summed E-state index contributed by atoms with van der Waals surface area (Å²) in [7, 11) is 0. The van der Waals surface area contributed by atoms with Crippen LogP contribution >= 0.6 is 0 Å². The number of piperazine rings is 1. The molecule has 1 atom stereocenters. The second kappa shape index (κ2) is 8.17. The van der Waals surface area contributed by atoms with Crippen LogP contribution in [0.4, 0.5) is 18.9 Å². The first-order valence-electron chi connectivity index (χ1n) is 10.0. The molecule has 1 amide bonds. The van der Waals surface area contributed by atoms with Crippen LogP contribution < -0.4 is 10.6 Å². The number of hydrogen-bond donors (Lipinski definition) is 2. The largest absolute Gasteiger partial charge is 0.416 e. The van der Waals surface area contributed by atoms with Gasteiger partial charge >= 0.3 is 11.9 Å². The molecule has 7 nitrogen and oxygen atoms in total. The van der Waals surface area contributed by atoms with Gasteiger partial charge in [0.05, 0.1) is 5.56 Å². The van der Waals surface area contributed by atoms with Crippen molar-refractivity contribution in [3.05, 3.63) is 52.2 Å². The number of nitrogens with one attached hydrogen (secondary N) is 2. The summed E-state index contributed by atoms with van der Waals surface area (Å²) in [6, 6.07) is 5.65.